The summed E-state index contributed by atoms with van der Waals surface area (Å²) >= 11 is 0. The van der Waals surface area contributed by atoms with E-state index in [4.69, 9.17) is 4.74 Å². The third kappa shape index (κ3) is 2.77. The molecule has 1 aromatic rings. The molecule has 0 unspecified atom stereocenters. The summed E-state index contributed by atoms with van der Waals surface area (Å²) in [5, 5.41) is 0. The summed E-state index contributed by atoms with van der Waals surface area (Å²) in [6.45, 7) is 2.97. The largest absolute Gasteiger partial charge is 0.461 e. The monoisotopic (exact) mass is 288 g/mol. The fraction of sp³-hybridized carbons (Fsp3) is 0.588. The second-order valence-corrected chi connectivity index (χ2v) is 6.38. The molecule has 2 heterocycles. The van der Waals surface area contributed by atoms with Gasteiger partial charge in [-0.25, -0.2) is 0 Å². The lowest BCUT2D eigenvalue weighted by molar-refractivity contribution is -0.145. The molecular weight excluding hydrogens is 264 g/mol. The van der Waals surface area contributed by atoms with Crippen LogP contribution in [0.25, 0.3) is 0 Å². The van der Waals surface area contributed by atoms with Crippen molar-refractivity contribution < 1.29 is 9.53 Å². The maximum atomic E-state index is 12.1. The smallest absolute Gasteiger partial charge is 0.323 e. The standard InChI is InChI=1S/C17H24N2O2/c1-12-10-16(17(20)21-12)19-9-5-8-15(19)13-6-4-7-14(11-13)18(2)3/h4,6-7,11-12,15-16H,5,8-10H2,1-3H3/t12-,15-,16-/m1/s1. The number of carbonyl (C=O) groups excluding carboxylic acids is 1. The Hall–Kier alpha value is -1.55. The predicted molar refractivity (Wildman–Crippen MR) is 83.4 cm³/mol. The number of rotatable bonds is 3. The minimum atomic E-state index is -0.0597. The third-order valence-corrected chi connectivity index (χ3v) is 4.61. The predicted octanol–water partition coefficient (Wildman–Crippen LogP) is 2.59. The SMILES string of the molecule is C[C@@H]1C[C@@H](N2CCC[C@@H]2c2cccc(N(C)C)c2)C(=O)O1. The van der Waals surface area contributed by atoms with E-state index in [0.717, 1.165) is 25.8 Å². The van der Waals surface area contributed by atoms with Gasteiger partial charge in [-0.05, 0) is 44.0 Å². The molecule has 2 saturated heterocycles. The minimum absolute atomic E-state index is 0.0434. The molecule has 3 rings (SSSR count). The Morgan fingerprint density at radius 2 is 2.10 bits per heavy atom. The lowest BCUT2D eigenvalue weighted by Gasteiger charge is -2.29. The number of anilines is 1. The molecule has 4 heteroatoms. The number of benzene rings is 1. The van der Waals surface area contributed by atoms with E-state index in [1.807, 2.05) is 6.92 Å². The van der Waals surface area contributed by atoms with Gasteiger partial charge < -0.3 is 9.64 Å². The van der Waals surface area contributed by atoms with Gasteiger partial charge in [0.1, 0.15) is 12.1 Å². The Kier molecular flexibility index (Phi) is 3.89. The Labute approximate surface area is 126 Å². The minimum Gasteiger partial charge on any atom is -0.461 e. The second kappa shape index (κ2) is 5.68. The van der Waals surface area contributed by atoms with E-state index < -0.39 is 0 Å². The number of hydrogen-bond donors (Lipinski definition) is 0. The van der Waals surface area contributed by atoms with Gasteiger partial charge in [-0.15, -0.1) is 0 Å². The highest BCUT2D eigenvalue weighted by Gasteiger charge is 2.41. The molecule has 2 aliphatic rings. The number of esters is 1. The van der Waals surface area contributed by atoms with E-state index in [1.165, 1.54) is 11.3 Å². The van der Waals surface area contributed by atoms with Crippen molar-refractivity contribution in [2.45, 2.75) is 44.4 Å². The highest BCUT2D eigenvalue weighted by atomic mass is 16.6. The summed E-state index contributed by atoms with van der Waals surface area (Å²) < 4.78 is 5.34. The quantitative estimate of drug-likeness (QED) is 0.800. The van der Waals surface area contributed by atoms with Gasteiger partial charge in [0, 0.05) is 32.2 Å². The first-order chi connectivity index (χ1) is 10.1. The molecule has 21 heavy (non-hydrogen) atoms. The molecule has 0 spiro atoms. The van der Waals surface area contributed by atoms with Crippen molar-refractivity contribution in [1.29, 1.82) is 0 Å². The first-order valence-electron chi connectivity index (χ1n) is 7.80. The van der Waals surface area contributed by atoms with E-state index in [0.29, 0.717) is 6.04 Å². The molecule has 0 bridgehead atoms. The zero-order valence-corrected chi connectivity index (χ0v) is 13.1. The van der Waals surface area contributed by atoms with Crippen LogP contribution in [-0.2, 0) is 9.53 Å². The van der Waals surface area contributed by atoms with Crippen molar-refractivity contribution >= 4 is 11.7 Å². The van der Waals surface area contributed by atoms with Crippen LogP contribution in [0.1, 0.15) is 37.8 Å². The normalized spacial score (nSPS) is 29.7. The van der Waals surface area contributed by atoms with E-state index in [2.05, 4.69) is 48.2 Å². The van der Waals surface area contributed by atoms with Crippen molar-refractivity contribution in [1.82, 2.24) is 4.90 Å². The molecule has 3 atom stereocenters. The van der Waals surface area contributed by atoms with E-state index >= 15 is 0 Å². The van der Waals surface area contributed by atoms with Gasteiger partial charge in [-0.2, -0.15) is 0 Å². The van der Waals surface area contributed by atoms with Crippen LogP contribution >= 0.6 is 0 Å². The van der Waals surface area contributed by atoms with Gasteiger partial charge in [-0.3, -0.25) is 9.69 Å². The van der Waals surface area contributed by atoms with Gasteiger partial charge in [-0.1, -0.05) is 12.1 Å². The Bertz CT molecular complexity index is 529. The molecule has 0 amide bonds. The van der Waals surface area contributed by atoms with Gasteiger partial charge in [0.2, 0.25) is 0 Å². The van der Waals surface area contributed by atoms with Crippen LogP contribution in [0.4, 0.5) is 5.69 Å². The second-order valence-electron chi connectivity index (χ2n) is 6.38. The van der Waals surface area contributed by atoms with E-state index in [9.17, 15) is 4.79 Å². The first kappa shape index (κ1) is 14.4. The van der Waals surface area contributed by atoms with Crippen molar-refractivity contribution in [3.63, 3.8) is 0 Å². The molecule has 0 aliphatic carbocycles. The fourth-order valence-corrected chi connectivity index (χ4v) is 3.54. The van der Waals surface area contributed by atoms with Crippen LogP contribution in [0.2, 0.25) is 0 Å². The highest BCUT2D eigenvalue weighted by Crippen LogP contribution is 2.37. The van der Waals surface area contributed by atoms with Crippen molar-refractivity contribution in [3.05, 3.63) is 29.8 Å². The highest BCUT2D eigenvalue weighted by molar-refractivity contribution is 5.78. The van der Waals surface area contributed by atoms with Crippen LogP contribution < -0.4 is 4.90 Å². The molecule has 0 N–H and O–H groups in total. The Morgan fingerprint density at radius 3 is 2.76 bits per heavy atom. The third-order valence-electron chi connectivity index (χ3n) is 4.61. The molecule has 0 saturated carbocycles. The lowest BCUT2D eigenvalue weighted by Crippen LogP contribution is -2.38. The zero-order chi connectivity index (χ0) is 15.0. The van der Waals surface area contributed by atoms with Crippen molar-refractivity contribution in [3.8, 4) is 0 Å². The summed E-state index contributed by atoms with van der Waals surface area (Å²) in [7, 11) is 4.11. The number of cyclic esters (lactones) is 1. The maximum absolute atomic E-state index is 12.1. The molecular formula is C17H24N2O2. The molecule has 114 valence electrons. The van der Waals surface area contributed by atoms with E-state index in [-0.39, 0.29) is 18.1 Å². The number of carbonyl (C=O) groups is 1. The number of nitrogens with zero attached hydrogens (tertiary/aromatic N) is 2. The molecule has 2 aliphatic heterocycles. The van der Waals surface area contributed by atoms with Crippen LogP contribution in [0.15, 0.2) is 24.3 Å². The summed E-state index contributed by atoms with van der Waals surface area (Å²) in [6.07, 6.45) is 3.14. The number of ether oxygens (including phenoxy) is 1. The average Bonchev–Trinajstić information content (AvgIpc) is 3.05. The molecule has 0 radical (unpaired) electrons. The van der Waals surface area contributed by atoms with Crippen LogP contribution in [0, 0.1) is 0 Å². The van der Waals surface area contributed by atoms with Gasteiger partial charge in [0.05, 0.1) is 0 Å². The fourth-order valence-electron chi connectivity index (χ4n) is 3.54. The van der Waals surface area contributed by atoms with Crippen LogP contribution in [0.5, 0.6) is 0 Å². The maximum Gasteiger partial charge on any atom is 0.323 e. The molecule has 2 fully saturated rings. The lowest BCUT2D eigenvalue weighted by atomic mass is 10.0. The molecule has 0 aromatic heterocycles. The van der Waals surface area contributed by atoms with Crippen molar-refractivity contribution in [2.24, 2.45) is 0 Å². The summed E-state index contributed by atoms with van der Waals surface area (Å²) in [4.78, 5) is 16.5. The van der Waals surface area contributed by atoms with Crippen LogP contribution in [-0.4, -0.2) is 43.7 Å². The first-order valence-corrected chi connectivity index (χ1v) is 7.80. The van der Waals surface area contributed by atoms with Crippen molar-refractivity contribution in [2.75, 3.05) is 25.5 Å². The zero-order valence-electron chi connectivity index (χ0n) is 13.1. The van der Waals surface area contributed by atoms with Crippen LogP contribution in [0.3, 0.4) is 0 Å². The summed E-state index contributed by atoms with van der Waals surface area (Å²) in [6, 6.07) is 8.93. The Morgan fingerprint density at radius 1 is 1.29 bits per heavy atom. The van der Waals surface area contributed by atoms with Gasteiger partial charge >= 0.3 is 5.97 Å². The molecule has 1 aromatic carbocycles. The number of likely N-dealkylation sites (tertiary alicyclic amines) is 1. The topological polar surface area (TPSA) is 32.8 Å². The number of hydrogen-bond acceptors (Lipinski definition) is 4. The van der Waals surface area contributed by atoms with Gasteiger partial charge in [0.25, 0.3) is 0 Å². The summed E-state index contributed by atoms with van der Waals surface area (Å²) in [5.41, 5.74) is 2.52. The molecule has 4 nitrogen and oxygen atoms in total. The Balaban J connectivity index is 1.84. The summed E-state index contributed by atoms with van der Waals surface area (Å²) in [5.74, 6) is -0.0434. The van der Waals surface area contributed by atoms with E-state index in [1.54, 1.807) is 0 Å². The average molecular weight is 288 g/mol. The van der Waals surface area contributed by atoms with Gasteiger partial charge in [0.15, 0.2) is 0 Å².